The number of benzene rings is 2. The van der Waals surface area contributed by atoms with E-state index in [1.807, 2.05) is 6.92 Å². The first-order valence-corrected chi connectivity index (χ1v) is 13.7. The van der Waals surface area contributed by atoms with Gasteiger partial charge in [0.05, 0.1) is 18.6 Å². The molecule has 0 aliphatic rings. The zero-order valence-electron chi connectivity index (χ0n) is 20.3. The lowest BCUT2D eigenvalue weighted by molar-refractivity contribution is -0.140. The number of ether oxygens (including phenoxy) is 1. The summed E-state index contributed by atoms with van der Waals surface area (Å²) in [6.07, 6.45) is 1.34. The highest BCUT2D eigenvalue weighted by atomic mass is 35.5. The average Bonchev–Trinajstić information content (AvgIpc) is 2.80. The van der Waals surface area contributed by atoms with E-state index in [9.17, 15) is 18.0 Å². The highest BCUT2D eigenvalue weighted by Gasteiger charge is 2.27. The summed E-state index contributed by atoms with van der Waals surface area (Å²) in [7, 11) is -2.15. The first-order chi connectivity index (χ1) is 16.5. The Labute approximate surface area is 217 Å². The van der Waals surface area contributed by atoms with E-state index in [-0.39, 0.29) is 37.7 Å². The van der Waals surface area contributed by atoms with Crippen LogP contribution < -0.4 is 14.4 Å². The van der Waals surface area contributed by atoms with Gasteiger partial charge in [-0.1, -0.05) is 41.4 Å². The number of amides is 2. The van der Waals surface area contributed by atoms with Crippen molar-refractivity contribution in [2.75, 3.05) is 30.8 Å². The molecule has 11 heteroatoms. The van der Waals surface area contributed by atoms with Gasteiger partial charge in [-0.2, -0.15) is 0 Å². The number of likely N-dealkylation sites (N-methyl/N-ethyl adjacent to an activating group) is 1. The third-order valence-corrected chi connectivity index (χ3v) is 7.28. The van der Waals surface area contributed by atoms with E-state index in [0.717, 1.165) is 6.26 Å². The number of nitrogens with zero attached hydrogens (tertiary/aromatic N) is 2. The maximum absolute atomic E-state index is 13.2. The van der Waals surface area contributed by atoms with Crippen molar-refractivity contribution in [1.82, 2.24) is 10.2 Å². The van der Waals surface area contributed by atoms with Crippen LogP contribution in [-0.4, -0.2) is 57.6 Å². The molecule has 0 fully saturated rings. The standard InChI is InChI=1S/C24H31Cl2N3O5S/c1-5-34-22-13-7-6-12-21(22)29(35(4,32)33)15-9-14-23(30)28(17(2)24(31)27-3)16-18-19(25)10-8-11-20(18)26/h6-8,10-13,17H,5,9,14-16H2,1-4H3,(H,27,31). The fourth-order valence-electron chi connectivity index (χ4n) is 3.57. The Bertz CT molecular complexity index is 1120. The topological polar surface area (TPSA) is 96.0 Å². The second-order valence-corrected chi connectivity index (χ2v) is 10.6. The van der Waals surface area contributed by atoms with Gasteiger partial charge in [0.1, 0.15) is 11.8 Å². The Balaban J connectivity index is 2.23. The van der Waals surface area contributed by atoms with E-state index in [0.29, 0.717) is 33.7 Å². The number of para-hydroxylation sites is 2. The molecular formula is C24H31Cl2N3O5S. The third kappa shape index (κ3) is 7.75. The number of rotatable bonds is 12. The van der Waals surface area contributed by atoms with Crippen molar-refractivity contribution in [2.45, 2.75) is 39.3 Å². The Morgan fingerprint density at radius 2 is 1.71 bits per heavy atom. The predicted octanol–water partition coefficient (Wildman–Crippen LogP) is 4.10. The molecule has 8 nitrogen and oxygen atoms in total. The maximum Gasteiger partial charge on any atom is 0.242 e. The van der Waals surface area contributed by atoms with Gasteiger partial charge in [0.25, 0.3) is 0 Å². The molecule has 1 N–H and O–H groups in total. The van der Waals surface area contributed by atoms with Gasteiger partial charge in [0.15, 0.2) is 0 Å². The fourth-order valence-corrected chi connectivity index (χ4v) is 5.05. The molecule has 0 saturated carbocycles. The van der Waals surface area contributed by atoms with Gasteiger partial charge in [0.2, 0.25) is 21.8 Å². The van der Waals surface area contributed by atoms with Crippen LogP contribution in [0.15, 0.2) is 42.5 Å². The van der Waals surface area contributed by atoms with Crippen LogP contribution in [0.2, 0.25) is 10.0 Å². The van der Waals surface area contributed by atoms with Crippen LogP contribution in [0.4, 0.5) is 5.69 Å². The molecule has 1 atom stereocenters. The van der Waals surface area contributed by atoms with Crippen molar-refractivity contribution in [1.29, 1.82) is 0 Å². The van der Waals surface area contributed by atoms with Crippen molar-refractivity contribution in [3.63, 3.8) is 0 Å². The van der Waals surface area contributed by atoms with Crippen LogP contribution in [0.3, 0.4) is 0 Å². The van der Waals surface area contributed by atoms with E-state index in [1.54, 1.807) is 49.4 Å². The fraction of sp³-hybridized carbons (Fsp3) is 0.417. The number of nitrogens with one attached hydrogen (secondary N) is 1. The Morgan fingerprint density at radius 1 is 1.09 bits per heavy atom. The minimum atomic E-state index is -3.64. The quantitative estimate of drug-likeness (QED) is 0.434. The zero-order chi connectivity index (χ0) is 26.2. The molecule has 35 heavy (non-hydrogen) atoms. The molecule has 0 heterocycles. The molecule has 0 spiro atoms. The summed E-state index contributed by atoms with van der Waals surface area (Å²) in [5, 5.41) is 3.32. The van der Waals surface area contributed by atoms with Crippen LogP contribution in [0.1, 0.15) is 32.3 Å². The summed E-state index contributed by atoms with van der Waals surface area (Å²) in [5.41, 5.74) is 0.936. The number of sulfonamides is 1. The van der Waals surface area contributed by atoms with E-state index < -0.39 is 16.1 Å². The molecule has 0 bridgehead atoms. The lowest BCUT2D eigenvalue weighted by atomic mass is 10.1. The molecule has 0 aliphatic carbocycles. The van der Waals surface area contributed by atoms with Gasteiger partial charge in [-0.05, 0) is 44.5 Å². The highest BCUT2D eigenvalue weighted by molar-refractivity contribution is 7.92. The molecule has 2 rings (SSSR count). The number of hydrogen-bond acceptors (Lipinski definition) is 5. The largest absolute Gasteiger partial charge is 0.492 e. The Hall–Kier alpha value is -2.49. The lowest BCUT2D eigenvalue weighted by Gasteiger charge is -2.30. The molecular weight excluding hydrogens is 513 g/mol. The summed E-state index contributed by atoms with van der Waals surface area (Å²) < 4.78 is 31.9. The van der Waals surface area contributed by atoms with Gasteiger partial charge in [-0.15, -0.1) is 0 Å². The lowest BCUT2D eigenvalue weighted by Crippen LogP contribution is -2.47. The SMILES string of the molecule is CCOc1ccccc1N(CCCC(=O)N(Cc1c(Cl)cccc1Cl)C(C)C(=O)NC)S(C)(=O)=O. The van der Waals surface area contributed by atoms with Gasteiger partial charge >= 0.3 is 0 Å². The molecule has 2 amide bonds. The van der Waals surface area contributed by atoms with Crippen molar-refractivity contribution in [3.05, 3.63) is 58.1 Å². The molecule has 2 aromatic rings. The number of hydrogen-bond donors (Lipinski definition) is 1. The molecule has 0 radical (unpaired) electrons. The van der Waals surface area contributed by atoms with Crippen molar-refractivity contribution in [3.8, 4) is 5.75 Å². The number of anilines is 1. The number of carbonyl (C=O) groups excluding carboxylic acids is 2. The van der Waals surface area contributed by atoms with Crippen LogP contribution in [-0.2, 0) is 26.2 Å². The first-order valence-electron chi connectivity index (χ1n) is 11.1. The van der Waals surface area contributed by atoms with Crippen LogP contribution in [0, 0.1) is 0 Å². The Morgan fingerprint density at radius 3 is 2.29 bits per heavy atom. The summed E-state index contributed by atoms with van der Waals surface area (Å²) in [6, 6.07) is 11.1. The van der Waals surface area contributed by atoms with Crippen molar-refractivity contribution < 1.29 is 22.7 Å². The third-order valence-electron chi connectivity index (χ3n) is 5.39. The summed E-state index contributed by atoms with van der Waals surface area (Å²) >= 11 is 12.6. The van der Waals surface area contributed by atoms with Gasteiger partial charge < -0.3 is 15.0 Å². The van der Waals surface area contributed by atoms with Gasteiger partial charge in [0, 0.05) is 42.2 Å². The molecule has 0 aliphatic heterocycles. The minimum Gasteiger partial charge on any atom is -0.492 e. The smallest absolute Gasteiger partial charge is 0.242 e. The molecule has 0 saturated heterocycles. The number of carbonyl (C=O) groups is 2. The molecule has 192 valence electrons. The average molecular weight is 545 g/mol. The summed E-state index contributed by atoms with van der Waals surface area (Å²) in [5.74, 6) is -0.233. The number of halogens is 2. The molecule has 2 aromatic carbocycles. The van der Waals surface area contributed by atoms with E-state index in [2.05, 4.69) is 5.32 Å². The van der Waals surface area contributed by atoms with E-state index in [4.69, 9.17) is 27.9 Å². The van der Waals surface area contributed by atoms with Gasteiger partial charge in [-0.25, -0.2) is 8.42 Å². The zero-order valence-corrected chi connectivity index (χ0v) is 22.6. The first kappa shape index (κ1) is 28.7. The molecule has 1 unspecified atom stereocenters. The summed E-state index contributed by atoms with van der Waals surface area (Å²) in [6.45, 7) is 3.90. The molecule has 0 aromatic heterocycles. The normalized spacial score (nSPS) is 12.1. The van der Waals surface area contributed by atoms with Crippen molar-refractivity contribution >= 4 is 50.7 Å². The summed E-state index contributed by atoms with van der Waals surface area (Å²) in [4.78, 5) is 27.0. The van der Waals surface area contributed by atoms with E-state index >= 15 is 0 Å². The van der Waals surface area contributed by atoms with Crippen molar-refractivity contribution in [2.24, 2.45) is 0 Å². The van der Waals surface area contributed by atoms with Gasteiger partial charge in [-0.3, -0.25) is 13.9 Å². The van der Waals surface area contributed by atoms with Crippen LogP contribution >= 0.6 is 23.2 Å². The van der Waals surface area contributed by atoms with Crippen LogP contribution in [0.5, 0.6) is 5.75 Å². The highest BCUT2D eigenvalue weighted by Crippen LogP contribution is 2.30. The maximum atomic E-state index is 13.2. The van der Waals surface area contributed by atoms with Crippen LogP contribution in [0.25, 0.3) is 0 Å². The van der Waals surface area contributed by atoms with E-state index in [1.165, 1.54) is 16.3 Å². The Kier molecular flexibility index (Phi) is 10.7. The second kappa shape index (κ2) is 13.0. The monoisotopic (exact) mass is 543 g/mol. The predicted molar refractivity (Wildman–Crippen MR) is 140 cm³/mol. The second-order valence-electron chi connectivity index (χ2n) is 7.85. The minimum absolute atomic E-state index is 0.00618.